The number of hydrogen-bond acceptors (Lipinski definition) is 7. The Bertz CT molecular complexity index is 1180. The lowest BCUT2D eigenvalue weighted by molar-refractivity contribution is -0.831. The van der Waals surface area contributed by atoms with Crippen LogP contribution in [0.3, 0.4) is 0 Å². The maximum Gasteiger partial charge on any atom is 0.530 e. The van der Waals surface area contributed by atoms with E-state index in [0.717, 1.165) is 10.4 Å². The highest BCUT2D eigenvalue weighted by Gasteiger charge is 2.64. The summed E-state index contributed by atoms with van der Waals surface area (Å²) in [6, 6.07) is 13.1. The summed E-state index contributed by atoms with van der Waals surface area (Å²) in [7, 11) is 0. The fraction of sp³-hybridized carbons (Fsp3) is 0.500. The van der Waals surface area contributed by atoms with E-state index < -0.39 is 24.7 Å². The third-order valence-corrected chi connectivity index (χ3v) is 7.80. The first-order valence-electron chi connectivity index (χ1n) is 13.5. The Morgan fingerprint density at radius 1 is 1.13 bits per heavy atom. The first-order valence-corrected chi connectivity index (χ1v) is 13.5. The Labute approximate surface area is 223 Å². The molecule has 1 amide bonds. The van der Waals surface area contributed by atoms with Gasteiger partial charge in [0.15, 0.2) is 5.78 Å². The van der Waals surface area contributed by atoms with Crippen LogP contribution in [0.15, 0.2) is 48.5 Å². The van der Waals surface area contributed by atoms with E-state index in [1.165, 1.54) is 6.92 Å². The zero-order valence-electron chi connectivity index (χ0n) is 22.7. The number of pyridine rings is 1. The van der Waals surface area contributed by atoms with Gasteiger partial charge in [-0.05, 0) is 51.1 Å². The molecular formula is C28H38BN3O6. The first kappa shape index (κ1) is 27.9. The van der Waals surface area contributed by atoms with Gasteiger partial charge in [0.05, 0.1) is 24.4 Å². The molecule has 204 valence electrons. The summed E-state index contributed by atoms with van der Waals surface area (Å²) in [4.78, 5) is 44.8. The van der Waals surface area contributed by atoms with E-state index in [-0.39, 0.29) is 47.7 Å². The van der Waals surface area contributed by atoms with Crippen molar-refractivity contribution < 1.29 is 33.6 Å². The molecule has 3 N–H and O–H groups in total. The van der Waals surface area contributed by atoms with E-state index in [4.69, 9.17) is 9.31 Å². The van der Waals surface area contributed by atoms with E-state index in [1.54, 1.807) is 12.1 Å². The zero-order chi connectivity index (χ0) is 27.6. The molecule has 2 aliphatic heterocycles. The van der Waals surface area contributed by atoms with Crippen LogP contribution in [0.1, 0.15) is 57.9 Å². The number of carbonyl (C=O) groups excluding carboxylic acids is 3. The SMILES string of the molecule is CC(C)C[C@H](CC(=O)[C@@H](NC(=O)c1cccc(-c2ccccc2)n1)[C@@H](C)O)[B-]12OC[C@H](C)[NH+]1[C@@H](C)C(=O)O2. The van der Waals surface area contributed by atoms with Crippen molar-refractivity contribution >= 4 is 24.3 Å². The lowest BCUT2D eigenvalue weighted by Gasteiger charge is -2.40. The number of Topliss-reactive ketones (excluding diaryl/α,β-unsaturated/α-hetero) is 1. The molecule has 2 saturated heterocycles. The Morgan fingerprint density at radius 2 is 1.84 bits per heavy atom. The van der Waals surface area contributed by atoms with Gasteiger partial charge in [-0.3, -0.25) is 9.59 Å². The number of amides is 1. The van der Waals surface area contributed by atoms with Crippen molar-refractivity contribution in [1.29, 1.82) is 0 Å². The van der Waals surface area contributed by atoms with Gasteiger partial charge in [0.2, 0.25) is 0 Å². The number of aromatic nitrogens is 1. The molecule has 4 rings (SSSR count). The van der Waals surface area contributed by atoms with Gasteiger partial charge in [-0.1, -0.05) is 56.7 Å². The Balaban J connectivity index is 1.54. The average Bonchev–Trinajstić information content (AvgIpc) is 3.35. The van der Waals surface area contributed by atoms with Crippen LogP contribution < -0.4 is 10.1 Å². The monoisotopic (exact) mass is 523 g/mol. The third kappa shape index (κ3) is 5.53. The molecule has 0 radical (unpaired) electrons. The summed E-state index contributed by atoms with van der Waals surface area (Å²) in [5.41, 5.74) is 1.64. The molecule has 0 spiro atoms. The van der Waals surface area contributed by atoms with E-state index in [2.05, 4.69) is 10.3 Å². The van der Waals surface area contributed by atoms with Crippen LogP contribution in [0.25, 0.3) is 11.3 Å². The van der Waals surface area contributed by atoms with Gasteiger partial charge in [-0.25, -0.2) is 9.78 Å². The molecule has 0 aliphatic carbocycles. The van der Waals surface area contributed by atoms with Gasteiger partial charge in [0.25, 0.3) is 5.91 Å². The number of rotatable bonds is 10. The van der Waals surface area contributed by atoms with Crippen molar-refractivity contribution in [1.82, 2.24) is 10.3 Å². The summed E-state index contributed by atoms with van der Waals surface area (Å²) >= 11 is 0. The fourth-order valence-electron chi connectivity index (χ4n) is 6.09. The minimum absolute atomic E-state index is 0.00172. The number of fused-ring (bicyclic) bond motifs is 1. The molecule has 3 heterocycles. The summed E-state index contributed by atoms with van der Waals surface area (Å²) in [6.45, 7) is 7.74. The number of carbonyl (C=O) groups is 3. The molecule has 10 heteroatoms. The number of benzene rings is 1. The van der Waals surface area contributed by atoms with Gasteiger partial charge in [-0.2, -0.15) is 0 Å². The van der Waals surface area contributed by atoms with Crippen molar-refractivity contribution in [2.75, 3.05) is 6.61 Å². The summed E-state index contributed by atoms with van der Waals surface area (Å²) < 4.78 is 12.1. The minimum Gasteiger partial charge on any atom is -0.611 e. The van der Waals surface area contributed by atoms with Gasteiger partial charge < -0.3 is 24.5 Å². The van der Waals surface area contributed by atoms with E-state index >= 15 is 0 Å². The molecule has 7 atom stereocenters. The maximum absolute atomic E-state index is 13.6. The number of hydrogen-bond donors (Lipinski definition) is 3. The highest BCUT2D eigenvalue weighted by atomic mass is 16.7. The lowest BCUT2D eigenvalue weighted by Crippen LogP contribution is -3.25. The molecule has 2 aromatic rings. The molecule has 2 aliphatic rings. The second kappa shape index (κ2) is 11.3. The molecule has 0 saturated carbocycles. The van der Waals surface area contributed by atoms with Crippen molar-refractivity contribution in [3.63, 3.8) is 0 Å². The van der Waals surface area contributed by atoms with Crippen LogP contribution in [-0.4, -0.2) is 65.3 Å². The molecule has 9 nitrogen and oxygen atoms in total. The second-order valence-electron chi connectivity index (χ2n) is 11.2. The molecule has 2 fully saturated rings. The predicted octanol–water partition coefficient (Wildman–Crippen LogP) is 1.79. The summed E-state index contributed by atoms with van der Waals surface area (Å²) in [5, 5.41) is 13.2. The number of nitrogens with one attached hydrogen (secondary N) is 2. The maximum atomic E-state index is 13.6. The van der Waals surface area contributed by atoms with Gasteiger partial charge >= 0.3 is 12.7 Å². The Kier molecular flexibility index (Phi) is 8.35. The lowest BCUT2D eigenvalue weighted by atomic mass is 9.53. The zero-order valence-corrected chi connectivity index (χ0v) is 22.7. The number of ketones is 1. The highest BCUT2D eigenvalue weighted by molar-refractivity contribution is 6.64. The quantitative estimate of drug-likeness (QED) is 0.407. The van der Waals surface area contributed by atoms with Crippen molar-refractivity contribution in [3.8, 4) is 11.3 Å². The van der Waals surface area contributed by atoms with Crippen molar-refractivity contribution in [3.05, 3.63) is 54.2 Å². The second-order valence-corrected chi connectivity index (χ2v) is 11.2. The van der Waals surface area contributed by atoms with E-state index in [9.17, 15) is 19.5 Å². The smallest absolute Gasteiger partial charge is 0.530 e. The number of aliphatic hydroxyl groups is 1. The average molecular weight is 523 g/mol. The van der Waals surface area contributed by atoms with Gasteiger partial charge in [0, 0.05) is 5.56 Å². The number of nitrogens with zero attached hydrogens (tertiary/aromatic N) is 1. The molecule has 38 heavy (non-hydrogen) atoms. The molecule has 1 aromatic heterocycles. The van der Waals surface area contributed by atoms with Crippen LogP contribution in [0.4, 0.5) is 0 Å². The van der Waals surface area contributed by atoms with Gasteiger partial charge in [-0.15, -0.1) is 0 Å². The normalized spacial score (nSPS) is 26.9. The number of quaternary nitrogens is 1. The van der Waals surface area contributed by atoms with Crippen LogP contribution in [0, 0.1) is 5.92 Å². The van der Waals surface area contributed by atoms with E-state index in [0.29, 0.717) is 18.7 Å². The van der Waals surface area contributed by atoms with Crippen molar-refractivity contribution in [2.45, 2.75) is 77.5 Å². The van der Waals surface area contributed by atoms with Crippen LogP contribution in [-0.2, 0) is 18.9 Å². The molecular weight excluding hydrogens is 485 g/mol. The van der Waals surface area contributed by atoms with Gasteiger partial charge in [0.1, 0.15) is 17.8 Å². The third-order valence-electron chi connectivity index (χ3n) is 7.80. The minimum atomic E-state index is -2.10. The fourth-order valence-corrected chi connectivity index (χ4v) is 6.09. The molecule has 1 aromatic carbocycles. The largest absolute Gasteiger partial charge is 0.611 e. The molecule has 0 bridgehead atoms. The standard InChI is InChI=1S/C28H38BN3O6/c1-17(2)14-22(29-32(18(3)16-37-29)19(4)28(36)38-29)15-25(34)26(20(5)33)31-27(35)24-13-9-12-23(30-24)21-10-7-6-8-11-21/h6-13,17-20,22,26,32-33H,14-16H2,1-5H3,(H,31,35)/t18-,19-,20+,22+,26-,29?/m0/s1. The summed E-state index contributed by atoms with van der Waals surface area (Å²) in [6.07, 6.45) is -0.532. The van der Waals surface area contributed by atoms with Crippen LogP contribution in [0.2, 0.25) is 5.82 Å². The van der Waals surface area contributed by atoms with Crippen LogP contribution >= 0.6 is 0 Å². The number of aliphatic hydroxyl groups excluding tert-OH is 1. The van der Waals surface area contributed by atoms with Crippen LogP contribution in [0.5, 0.6) is 0 Å². The molecule has 2 unspecified atom stereocenters. The summed E-state index contributed by atoms with van der Waals surface area (Å²) in [5.74, 6) is -1.38. The first-order chi connectivity index (χ1) is 18.0. The Hall–Kier alpha value is -3.08. The topological polar surface area (TPSA) is 119 Å². The highest BCUT2D eigenvalue weighted by Crippen LogP contribution is 2.36. The van der Waals surface area contributed by atoms with E-state index in [1.807, 2.05) is 64.1 Å². The van der Waals surface area contributed by atoms with Crippen molar-refractivity contribution in [2.24, 2.45) is 5.92 Å². The predicted molar refractivity (Wildman–Crippen MR) is 143 cm³/mol. The Morgan fingerprint density at radius 3 is 2.50 bits per heavy atom.